The van der Waals surface area contributed by atoms with E-state index < -0.39 is 0 Å². The molecule has 1 aromatic heterocycles. The molecular weight excluding hydrogens is 691 g/mol. The van der Waals surface area contributed by atoms with Crippen molar-refractivity contribution in [3.63, 3.8) is 0 Å². The molecule has 10 aromatic rings. The van der Waals surface area contributed by atoms with Crippen molar-refractivity contribution in [3.8, 4) is 67.5 Å². The van der Waals surface area contributed by atoms with Crippen LogP contribution in [0.15, 0.2) is 188 Å². The molecule has 1 heterocycles. The van der Waals surface area contributed by atoms with E-state index in [0.29, 0.717) is 17.5 Å². The van der Waals surface area contributed by atoms with Gasteiger partial charge in [0.2, 0.25) is 0 Å². The molecule has 0 N–H and O–H groups in total. The Morgan fingerprint density at radius 3 is 1.39 bits per heavy atom. The number of fused-ring (bicyclic) bond motifs is 9. The number of rotatable bonds is 5. The SMILES string of the molecule is CC1(C)c2ccccc2-c2ccc(-c3nc(-c4cccc(-c5ccccc5-c5ccccc5)c4)nc(-c4ccc5c6ccccc6c6ccccc6c5c4)n3)cc21. The number of aromatic nitrogens is 3. The Morgan fingerprint density at radius 2 is 0.719 bits per heavy atom. The average Bonchev–Trinajstić information content (AvgIpc) is 3.51. The second-order valence-corrected chi connectivity index (χ2v) is 15.6. The van der Waals surface area contributed by atoms with Gasteiger partial charge in [-0.05, 0) is 95.0 Å². The van der Waals surface area contributed by atoms with E-state index in [-0.39, 0.29) is 5.41 Å². The molecular formula is C54H37N3. The van der Waals surface area contributed by atoms with Crippen LogP contribution in [0.3, 0.4) is 0 Å². The molecule has 11 rings (SSSR count). The first kappa shape index (κ1) is 33.1. The first-order valence-corrected chi connectivity index (χ1v) is 19.6. The molecule has 1 aliphatic carbocycles. The van der Waals surface area contributed by atoms with Crippen LogP contribution in [0.4, 0.5) is 0 Å². The summed E-state index contributed by atoms with van der Waals surface area (Å²) in [5.74, 6) is 1.94. The molecule has 3 nitrogen and oxygen atoms in total. The predicted molar refractivity (Wildman–Crippen MR) is 237 cm³/mol. The topological polar surface area (TPSA) is 38.7 Å². The lowest BCUT2D eigenvalue weighted by molar-refractivity contribution is 0.660. The summed E-state index contributed by atoms with van der Waals surface area (Å²) in [6, 6.07) is 67.3. The fourth-order valence-corrected chi connectivity index (χ4v) is 9.08. The standard InChI is InChI=1S/C54H37N3/c1-54(2)49-26-13-12-25-46(49)47-30-28-38(33-50(47)54)53-56-51(36-18-14-17-35(31-36)40-20-7-6-19-39(40)34-15-4-3-5-16-34)55-52(57-53)37-27-29-45-43-23-9-8-21-41(43)42-22-10-11-24-44(42)48(45)32-37/h3-33H,1-2H3. The summed E-state index contributed by atoms with van der Waals surface area (Å²) in [5, 5.41) is 7.35. The Morgan fingerprint density at radius 1 is 0.281 bits per heavy atom. The third-order valence-electron chi connectivity index (χ3n) is 11.9. The van der Waals surface area contributed by atoms with Gasteiger partial charge in [-0.15, -0.1) is 0 Å². The molecule has 57 heavy (non-hydrogen) atoms. The maximum atomic E-state index is 5.28. The first-order chi connectivity index (χ1) is 28.0. The zero-order valence-corrected chi connectivity index (χ0v) is 31.7. The zero-order chi connectivity index (χ0) is 38.1. The minimum atomic E-state index is -0.150. The highest BCUT2D eigenvalue weighted by Crippen LogP contribution is 2.49. The maximum absolute atomic E-state index is 5.28. The molecule has 268 valence electrons. The minimum Gasteiger partial charge on any atom is -0.208 e. The van der Waals surface area contributed by atoms with Crippen LogP contribution >= 0.6 is 0 Å². The van der Waals surface area contributed by atoms with Gasteiger partial charge in [0.05, 0.1) is 0 Å². The Balaban J connectivity index is 1.11. The molecule has 0 aliphatic heterocycles. The van der Waals surface area contributed by atoms with Crippen LogP contribution in [-0.2, 0) is 5.41 Å². The van der Waals surface area contributed by atoms with Gasteiger partial charge in [0, 0.05) is 22.1 Å². The van der Waals surface area contributed by atoms with Crippen molar-refractivity contribution in [1.82, 2.24) is 15.0 Å². The minimum absolute atomic E-state index is 0.150. The lowest BCUT2D eigenvalue weighted by atomic mass is 9.82. The van der Waals surface area contributed by atoms with Crippen molar-refractivity contribution in [2.75, 3.05) is 0 Å². The fraction of sp³-hybridized carbons (Fsp3) is 0.0556. The molecule has 0 atom stereocenters. The first-order valence-electron chi connectivity index (χ1n) is 19.6. The smallest absolute Gasteiger partial charge is 0.164 e. The lowest BCUT2D eigenvalue weighted by Gasteiger charge is -2.21. The van der Waals surface area contributed by atoms with Crippen LogP contribution in [-0.4, -0.2) is 15.0 Å². The number of hydrogen-bond acceptors (Lipinski definition) is 3. The van der Waals surface area contributed by atoms with E-state index in [4.69, 9.17) is 15.0 Å². The maximum Gasteiger partial charge on any atom is 0.164 e. The Bertz CT molecular complexity index is 3180. The molecule has 0 radical (unpaired) electrons. The van der Waals surface area contributed by atoms with E-state index in [1.807, 2.05) is 0 Å². The largest absolute Gasteiger partial charge is 0.208 e. The summed E-state index contributed by atoms with van der Waals surface area (Å²) in [6.07, 6.45) is 0. The molecule has 0 bridgehead atoms. The fourth-order valence-electron chi connectivity index (χ4n) is 9.08. The molecule has 3 heteroatoms. The Kier molecular flexibility index (Phi) is 7.52. The monoisotopic (exact) mass is 727 g/mol. The van der Waals surface area contributed by atoms with Crippen molar-refractivity contribution < 1.29 is 0 Å². The quantitative estimate of drug-likeness (QED) is 0.166. The second kappa shape index (κ2) is 12.9. The van der Waals surface area contributed by atoms with Crippen molar-refractivity contribution >= 4 is 32.3 Å². The predicted octanol–water partition coefficient (Wildman–Crippen LogP) is 14.0. The highest BCUT2D eigenvalue weighted by molar-refractivity contribution is 6.25. The third kappa shape index (κ3) is 5.38. The van der Waals surface area contributed by atoms with Crippen molar-refractivity contribution in [3.05, 3.63) is 199 Å². The Hall–Kier alpha value is -7.23. The molecule has 1 aliphatic rings. The van der Waals surface area contributed by atoms with Gasteiger partial charge in [-0.25, -0.2) is 15.0 Å². The third-order valence-corrected chi connectivity index (χ3v) is 11.9. The van der Waals surface area contributed by atoms with Crippen molar-refractivity contribution in [2.24, 2.45) is 0 Å². The molecule has 0 amide bonds. The van der Waals surface area contributed by atoms with Gasteiger partial charge in [-0.3, -0.25) is 0 Å². The van der Waals surface area contributed by atoms with Gasteiger partial charge in [0.1, 0.15) is 0 Å². The van der Waals surface area contributed by atoms with Gasteiger partial charge >= 0.3 is 0 Å². The summed E-state index contributed by atoms with van der Waals surface area (Å²) in [4.78, 5) is 15.8. The molecule has 0 spiro atoms. The van der Waals surface area contributed by atoms with Crippen LogP contribution in [0.5, 0.6) is 0 Å². The highest BCUT2D eigenvalue weighted by Gasteiger charge is 2.35. The molecule has 0 fully saturated rings. The van der Waals surface area contributed by atoms with Gasteiger partial charge in [0.15, 0.2) is 17.5 Å². The van der Waals surface area contributed by atoms with Crippen LogP contribution in [0, 0.1) is 0 Å². The summed E-state index contributed by atoms with van der Waals surface area (Å²) in [5.41, 5.74) is 12.5. The number of benzene rings is 9. The molecule has 0 saturated heterocycles. The molecule has 9 aromatic carbocycles. The van der Waals surface area contributed by atoms with Crippen molar-refractivity contribution in [2.45, 2.75) is 19.3 Å². The van der Waals surface area contributed by atoms with E-state index >= 15 is 0 Å². The zero-order valence-electron chi connectivity index (χ0n) is 31.7. The van der Waals surface area contributed by atoms with E-state index in [1.54, 1.807) is 0 Å². The normalized spacial score (nSPS) is 12.9. The van der Waals surface area contributed by atoms with E-state index in [2.05, 4.69) is 202 Å². The van der Waals surface area contributed by atoms with Gasteiger partial charge in [-0.1, -0.05) is 184 Å². The van der Waals surface area contributed by atoms with Gasteiger partial charge in [-0.2, -0.15) is 0 Å². The highest BCUT2D eigenvalue weighted by atomic mass is 15.0. The van der Waals surface area contributed by atoms with Crippen LogP contribution in [0.2, 0.25) is 0 Å². The summed E-state index contributed by atoms with van der Waals surface area (Å²) in [6.45, 7) is 4.63. The van der Waals surface area contributed by atoms with Crippen molar-refractivity contribution in [1.29, 1.82) is 0 Å². The van der Waals surface area contributed by atoms with E-state index in [1.165, 1.54) is 65.7 Å². The lowest BCUT2D eigenvalue weighted by Crippen LogP contribution is -2.15. The summed E-state index contributed by atoms with van der Waals surface area (Å²) < 4.78 is 0. The van der Waals surface area contributed by atoms with Crippen LogP contribution in [0.1, 0.15) is 25.0 Å². The van der Waals surface area contributed by atoms with E-state index in [0.717, 1.165) is 27.8 Å². The van der Waals surface area contributed by atoms with Crippen LogP contribution in [0.25, 0.3) is 99.9 Å². The summed E-state index contributed by atoms with van der Waals surface area (Å²) in [7, 11) is 0. The molecule has 0 unspecified atom stereocenters. The number of hydrogen-bond donors (Lipinski definition) is 0. The molecule has 0 saturated carbocycles. The number of nitrogens with zero attached hydrogens (tertiary/aromatic N) is 3. The average molecular weight is 728 g/mol. The van der Waals surface area contributed by atoms with Gasteiger partial charge in [0.25, 0.3) is 0 Å². The van der Waals surface area contributed by atoms with E-state index in [9.17, 15) is 0 Å². The Labute approximate surface area is 332 Å². The van der Waals surface area contributed by atoms with Crippen LogP contribution < -0.4 is 0 Å². The van der Waals surface area contributed by atoms with Gasteiger partial charge < -0.3 is 0 Å². The summed E-state index contributed by atoms with van der Waals surface area (Å²) >= 11 is 0. The second-order valence-electron chi connectivity index (χ2n) is 15.6.